The van der Waals surface area contributed by atoms with Crippen LogP contribution in [0.5, 0.6) is 0 Å². The number of aromatic nitrogens is 2. The van der Waals surface area contributed by atoms with Gasteiger partial charge in [0, 0.05) is 57.6 Å². The Kier molecular flexibility index (Phi) is 4.40. The lowest BCUT2D eigenvalue weighted by atomic mass is 9.98. The lowest BCUT2D eigenvalue weighted by Gasteiger charge is -2.41. The zero-order valence-corrected chi connectivity index (χ0v) is 12.1. The third-order valence-corrected chi connectivity index (χ3v) is 3.97. The fourth-order valence-corrected chi connectivity index (χ4v) is 2.80. The summed E-state index contributed by atoms with van der Waals surface area (Å²) in [5.41, 5.74) is 0. The van der Waals surface area contributed by atoms with E-state index in [1.54, 1.807) is 0 Å². The Balaban J connectivity index is 1.94. The van der Waals surface area contributed by atoms with Gasteiger partial charge in [0.05, 0.1) is 0 Å². The normalized spacial score (nSPS) is 25.8. The molecular formula is C14H26N4. The Morgan fingerprint density at radius 2 is 2.28 bits per heavy atom. The van der Waals surface area contributed by atoms with Crippen molar-refractivity contribution >= 4 is 0 Å². The van der Waals surface area contributed by atoms with Crippen molar-refractivity contribution in [2.75, 3.05) is 19.6 Å². The van der Waals surface area contributed by atoms with E-state index in [4.69, 9.17) is 0 Å². The molecule has 0 aliphatic carbocycles. The van der Waals surface area contributed by atoms with E-state index in [9.17, 15) is 0 Å². The fraction of sp³-hybridized carbons (Fsp3) is 0.786. The number of nitrogens with zero attached hydrogens (tertiary/aromatic N) is 3. The van der Waals surface area contributed by atoms with Gasteiger partial charge in [0.2, 0.25) is 0 Å². The highest BCUT2D eigenvalue weighted by Gasteiger charge is 2.27. The maximum Gasteiger partial charge on any atom is 0.109 e. The molecule has 1 saturated heterocycles. The molecule has 0 radical (unpaired) electrons. The molecule has 2 unspecified atom stereocenters. The van der Waals surface area contributed by atoms with Crippen LogP contribution in [0.15, 0.2) is 12.4 Å². The highest BCUT2D eigenvalue weighted by atomic mass is 15.2. The highest BCUT2D eigenvalue weighted by molar-refractivity contribution is 4.94. The minimum Gasteiger partial charge on any atom is -0.338 e. The summed E-state index contributed by atoms with van der Waals surface area (Å²) < 4.78 is 2.12. The van der Waals surface area contributed by atoms with Gasteiger partial charge in [-0.05, 0) is 12.8 Å². The van der Waals surface area contributed by atoms with E-state index < -0.39 is 0 Å². The van der Waals surface area contributed by atoms with E-state index in [0.717, 1.165) is 26.1 Å². The first-order valence-electron chi connectivity index (χ1n) is 7.01. The van der Waals surface area contributed by atoms with Gasteiger partial charge in [-0.3, -0.25) is 4.90 Å². The summed E-state index contributed by atoms with van der Waals surface area (Å²) in [6.45, 7) is 10.3. The Hall–Kier alpha value is -0.870. The monoisotopic (exact) mass is 250 g/mol. The summed E-state index contributed by atoms with van der Waals surface area (Å²) in [5.74, 6) is 1.88. The van der Waals surface area contributed by atoms with Crippen molar-refractivity contribution in [3.05, 3.63) is 18.2 Å². The number of hydrogen-bond donors (Lipinski definition) is 1. The Bertz CT molecular complexity index is 372. The first-order valence-corrected chi connectivity index (χ1v) is 7.01. The number of imidazole rings is 1. The summed E-state index contributed by atoms with van der Waals surface area (Å²) in [5, 5.41) is 3.59. The van der Waals surface area contributed by atoms with E-state index in [0.29, 0.717) is 18.0 Å². The number of aryl methyl sites for hydroxylation is 1. The predicted molar refractivity (Wildman–Crippen MR) is 74.6 cm³/mol. The van der Waals surface area contributed by atoms with Crippen molar-refractivity contribution in [2.24, 2.45) is 13.0 Å². The van der Waals surface area contributed by atoms with Crippen molar-refractivity contribution in [3.8, 4) is 0 Å². The molecule has 1 aliphatic rings. The van der Waals surface area contributed by atoms with Crippen LogP contribution in [0, 0.1) is 5.92 Å². The quantitative estimate of drug-likeness (QED) is 0.874. The third kappa shape index (κ3) is 3.12. The van der Waals surface area contributed by atoms with Gasteiger partial charge in [0.1, 0.15) is 5.82 Å². The average molecular weight is 250 g/mol. The van der Waals surface area contributed by atoms with Gasteiger partial charge in [0.15, 0.2) is 0 Å². The lowest BCUT2D eigenvalue weighted by Crippen LogP contribution is -2.57. The van der Waals surface area contributed by atoms with Gasteiger partial charge < -0.3 is 9.88 Å². The molecule has 2 atom stereocenters. The van der Waals surface area contributed by atoms with Gasteiger partial charge in [-0.15, -0.1) is 0 Å². The zero-order chi connectivity index (χ0) is 13.1. The van der Waals surface area contributed by atoms with E-state index >= 15 is 0 Å². The van der Waals surface area contributed by atoms with E-state index in [1.807, 2.05) is 12.4 Å². The molecule has 102 valence electrons. The molecule has 2 rings (SSSR count). The van der Waals surface area contributed by atoms with E-state index in [-0.39, 0.29) is 0 Å². The second-order valence-electron chi connectivity index (χ2n) is 5.82. The van der Waals surface area contributed by atoms with Crippen molar-refractivity contribution in [2.45, 2.75) is 39.3 Å². The standard InChI is InChI=1S/C14H26N4/c1-11(2)13-9-16-12(3)10-18(13)7-5-14-15-6-8-17(14)4/h6,8,11-13,16H,5,7,9-10H2,1-4H3. The van der Waals surface area contributed by atoms with Gasteiger partial charge in [0.25, 0.3) is 0 Å². The minimum atomic E-state index is 0.598. The molecule has 0 bridgehead atoms. The van der Waals surface area contributed by atoms with Crippen molar-refractivity contribution in [1.82, 2.24) is 19.8 Å². The van der Waals surface area contributed by atoms with E-state index in [2.05, 4.69) is 47.6 Å². The van der Waals surface area contributed by atoms with Gasteiger partial charge in [-0.25, -0.2) is 4.98 Å². The van der Waals surface area contributed by atoms with Crippen LogP contribution in [0.1, 0.15) is 26.6 Å². The smallest absolute Gasteiger partial charge is 0.109 e. The molecule has 1 aliphatic heterocycles. The topological polar surface area (TPSA) is 33.1 Å². The maximum atomic E-state index is 4.41. The molecule has 4 nitrogen and oxygen atoms in total. The van der Waals surface area contributed by atoms with Gasteiger partial charge >= 0.3 is 0 Å². The molecule has 0 aromatic carbocycles. The molecule has 18 heavy (non-hydrogen) atoms. The summed E-state index contributed by atoms with van der Waals surface area (Å²) in [6.07, 6.45) is 4.95. The Morgan fingerprint density at radius 1 is 1.50 bits per heavy atom. The van der Waals surface area contributed by atoms with Crippen LogP contribution in [-0.4, -0.2) is 46.2 Å². The summed E-state index contributed by atoms with van der Waals surface area (Å²) >= 11 is 0. The molecule has 0 spiro atoms. The van der Waals surface area contributed by atoms with Crippen molar-refractivity contribution in [1.29, 1.82) is 0 Å². The number of hydrogen-bond acceptors (Lipinski definition) is 3. The molecule has 2 heterocycles. The van der Waals surface area contributed by atoms with E-state index in [1.165, 1.54) is 5.82 Å². The van der Waals surface area contributed by atoms with Crippen molar-refractivity contribution in [3.63, 3.8) is 0 Å². The first kappa shape index (κ1) is 13.6. The number of nitrogens with one attached hydrogen (secondary N) is 1. The fourth-order valence-electron chi connectivity index (χ4n) is 2.80. The van der Waals surface area contributed by atoms with Crippen LogP contribution >= 0.6 is 0 Å². The van der Waals surface area contributed by atoms with Crippen LogP contribution in [0.3, 0.4) is 0 Å². The number of rotatable bonds is 4. The largest absolute Gasteiger partial charge is 0.338 e. The Morgan fingerprint density at radius 3 is 2.89 bits per heavy atom. The van der Waals surface area contributed by atoms with Crippen LogP contribution in [0.4, 0.5) is 0 Å². The first-order chi connectivity index (χ1) is 8.58. The number of piperazine rings is 1. The summed E-state index contributed by atoms with van der Waals surface area (Å²) in [4.78, 5) is 7.04. The lowest BCUT2D eigenvalue weighted by molar-refractivity contribution is 0.103. The molecule has 0 amide bonds. The molecule has 1 aromatic rings. The Labute approximate surface area is 110 Å². The van der Waals surface area contributed by atoms with Crippen molar-refractivity contribution < 1.29 is 0 Å². The third-order valence-electron chi connectivity index (χ3n) is 3.97. The molecule has 4 heteroatoms. The summed E-state index contributed by atoms with van der Waals surface area (Å²) in [6, 6.07) is 1.25. The van der Waals surface area contributed by atoms with Gasteiger partial charge in [-0.2, -0.15) is 0 Å². The van der Waals surface area contributed by atoms with Crippen LogP contribution < -0.4 is 5.32 Å². The maximum absolute atomic E-state index is 4.41. The SMILES string of the molecule is CC1CN(CCc2nccn2C)C(C(C)C)CN1. The molecule has 1 aromatic heterocycles. The average Bonchev–Trinajstić information content (AvgIpc) is 2.72. The second-order valence-corrected chi connectivity index (χ2v) is 5.82. The van der Waals surface area contributed by atoms with Crippen LogP contribution in [0.25, 0.3) is 0 Å². The van der Waals surface area contributed by atoms with Gasteiger partial charge in [-0.1, -0.05) is 13.8 Å². The molecular weight excluding hydrogens is 224 g/mol. The molecule has 0 saturated carbocycles. The summed E-state index contributed by atoms with van der Waals surface area (Å²) in [7, 11) is 2.07. The highest BCUT2D eigenvalue weighted by Crippen LogP contribution is 2.15. The second kappa shape index (κ2) is 5.85. The molecule has 1 N–H and O–H groups in total. The van der Waals surface area contributed by atoms with Crippen LogP contribution in [-0.2, 0) is 13.5 Å². The molecule has 1 fully saturated rings. The predicted octanol–water partition coefficient (Wildman–Crippen LogP) is 1.28. The van der Waals surface area contributed by atoms with Crippen LogP contribution in [0.2, 0.25) is 0 Å². The minimum absolute atomic E-state index is 0.598. The zero-order valence-electron chi connectivity index (χ0n) is 12.1.